The van der Waals surface area contributed by atoms with Crippen LogP contribution in [-0.2, 0) is 27.3 Å². The molecule has 2 N–H and O–H groups in total. The van der Waals surface area contributed by atoms with Gasteiger partial charge in [0.2, 0.25) is 5.91 Å². The van der Waals surface area contributed by atoms with Gasteiger partial charge in [0.1, 0.15) is 12.6 Å². The van der Waals surface area contributed by atoms with E-state index in [9.17, 15) is 18.0 Å². The highest BCUT2D eigenvalue weighted by atomic mass is 19.4. The van der Waals surface area contributed by atoms with Crippen LogP contribution in [0.5, 0.6) is 0 Å². The summed E-state index contributed by atoms with van der Waals surface area (Å²) >= 11 is 0. The largest absolute Gasteiger partial charge is 0.417 e. The minimum Gasteiger partial charge on any atom is -0.391 e. The van der Waals surface area contributed by atoms with E-state index < -0.39 is 23.3 Å². The van der Waals surface area contributed by atoms with Crippen molar-refractivity contribution in [3.63, 3.8) is 0 Å². The molecule has 1 atom stereocenters. The van der Waals surface area contributed by atoms with E-state index in [-0.39, 0.29) is 23.8 Å². The standard InChI is InChI=1S/C22H23F3N4O3/c1-13-6-5-7-17(20(29-31-4)21(30)27-3)18(13)12-32-28-14(2)15-8-9-16(11-26)19(10-15)22(23,24)25/h5-10,20,29H,12H2,1-4H3,(H,27,30)/b28-14+. The van der Waals surface area contributed by atoms with Crippen LogP contribution < -0.4 is 10.8 Å². The minimum atomic E-state index is -4.67. The summed E-state index contributed by atoms with van der Waals surface area (Å²) in [5, 5.41) is 15.4. The molecule has 0 fully saturated rings. The number of aryl methyl sites for hydroxylation is 1. The lowest BCUT2D eigenvalue weighted by Gasteiger charge is -2.20. The summed E-state index contributed by atoms with van der Waals surface area (Å²) in [6, 6.07) is 9.43. The molecule has 0 spiro atoms. The molecule has 7 nitrogen and oxygen atoms in total. The molecule has 2 aromatic rings. The molecular formula is C22H23F3N4O3. The van der Waals surface area contributed by atoms with Crippen LogP contribution in [0.1, 0.15) is 46.3 Å². The fraction of sp³-hybridized carbons (Fsp3) is 0.318. The lowest BCUT2D eigenvalue weighted by atomic mass is 9.96. The molecule has 0 aliphatic rings. The average Bonchev–Trinajstić information content (AvgIpc) is 2.76. The van der Waals surface area contributed by atoms with Gasteiger partial charge in [0.05, 0.1) is 30.0 Å². The maximum Gasteiger partial charge on any atom is 0.417 e. The maximum absolute atomic E-state index is 13.2. The fourth-order valence-corrected chi connectivity index (χ4v) is 3.06. The Labute approximate surface area is 183 Å². The number of amides is 1. The van der Waals surface area contributed by atoms with E-state index in [0.717, 1.165) is 17.7 Å². The molecule has 10 heteroatoms. The van der Waals surface area contributed by atoms with Gasteiger partial charge in [0, 0.05) is 12.6 Å². The van der Waals surface area contributed by atoms with Crippen molar-refractivity contribution in [2.75, 3.05) is 14.2 Å². The summed E-state index contributed by atoms with van der Waals surface area (Å²) in [7, 11) is 2.89. The van der Waals surface area contributed by atoms with Gasteiger partial charge in [0.25, 0.3) is 0 Å². The molecule has 1 unspecified atom stereocenters. The second kappa shape index (κ2) is 10.7. The lowest BCUT2D eigenvalue weighted by Crippen LogP contribution is -2.36. The Morgan fingerprint density at radius 1 is 1.28 bits per heavy atom. The Bertz CT molecular complexity index is 1050. The van der Waals surface area contributed by atoms with E-state index in [4.69, 9.17) is 14.9 Å². The van der Waals surface area contributed by atoms with Gasteiger partial charge in [-0.3, -0.25) is 4.79 Å². The normalized spacial score (nSPS) is 12.8. The van der Waals surface area contributed by atoms with Gasteiger partial charge in [-0.05, 0) is 42.7 Å². The zero-order valence-electron chi connectivity index (χ0n) is 18.0. The van der Waals surface area contributed by atoms with Crippen LogP contribution in [0.3, 0.4) is 0 Å². The van der Waals surface area contributed by atoms with Crippen molar-refractivity contribution in [2.45, 2.75) is 32.7 Å². The number of benzene rings is 2. The van der Waals surface area contributed by atoms with Gasteiger partial charge in [-0.2, -0.15) is 23.9 Å². The number of hydroxylamine groups is 1. The number of halogens is 3. The first kappa shape index (κ1) is 24.8. The molecular weight excluding hydrogens is 425 g/mol. The molecule has 0 bridgehead atoms. The zero-order chi connectivity index (χ0) is 23.9. The van der Waals surface area contributed by atoms with E-state index >= 15 is 0 Å². The number of carbonyl (C=O) groups is 1. The number of nitrogens with zero attached hydrogens (tertiary/aromatic N) is 2. The molecule has 0 saturated heterocycles. The number of hydrogen-bond acceptors (Lipinski definition) is 6. The summed E-state index contributed by atoms with van der Waals surface area (Å²) in [5.41, 5.74) is 3.63. The van der Waals surface area contributed by atoms with E-state index in [0.29, 0.717) is 11.1 Å². The Morgan fingerprint density at radius 3 is 2.59 bits per heavy atom. The second-order valence-electron chi connectivity index (χ2n) is 6.83. The molecule has 0 radical (unpaired) electrons. The number of hydrogen-bond donors (Lipinski definition) is 2. The highest BCUT2D eigenvalue weighted by Gasteiger charge is 2.34. The number of oxime groups is 1. The predicted octanol–water partition coefficient (Wildman–Crippen LogP) is 3.76. The number of rotatable bonds is 8. The second-order valence-corrected chi connectivity index (χ2v) is 6.83. The van der Waals surface area contributed by atoms with Gasteiger partial charge in [-0.1, -0.05) is 29.4 Å². The third-order valence-electron chi connectivity index (χ3n) is 4.78. The number of carbonyl (C=O) groups excluding carboxylic acids is 1. The first-order valence-corrected chi connectivity index (χ1v) is 9.50. The summed E-state index contributed by atoms with van der Waals surface area (Å²) in [6.07, 6.45) is -4.67. The van der Waals surface area contributed by atoms with Crippen LogP contribution >= 0.6 is 0 Å². The first-order chi connectivity index (χ1) is 15.1. The van der Waals surface area contributed by atoms with Crippen molar-refractivity contribution in [3.8, 4) is 6.07 Å². The minimum absolute atomic E-state index is 0.0271. The summed E-state index contributed by atoms with van der Waals surface area (Å²) in [4.78, 5) is 22.6. The molecule has 0 aromatic heterocycles. The van der Waals surface area contributed by atoms with Gasteiger partial charge < -0.3 is 15.0 Å². The Morgan fingerprint density at radius 2 is 2.00 bits per heavy atom. The van der Waals surface area contributed by atoms with Gasteiger partial charge in [0.15, 0.2) is 0 Å². The van der Waals surface area contributed by atoms with Gasteiger partial charge in [-0.25, -0.2) is 0 Å². The molecule has 0 heterocycles. The number of likely N-dealkylation sites (N-methyl/N-ethyl adjacent to an activating group) is 1. The van der Waals surface area contributed by atoms with Crippen molar-refractivity contribution in [1.82, 2.24) is 10.8 Å². The smallest absolute Gasteiger partial charge is 0.391 e. The lowest BCUT2D eigenvalue weighted by molar-refractivity contribution is -0.137. The highest BCUT2D eigenvalue weighted by Crippen LogP contribution is 2.32. The van der Waals surface area contributed by atoms with Crippen molar-refractivity contribution >= 4 is 11.6 Å². The van der Waals surface area contributed by atoms with Crippen molar-refractivity contribution < 1.29 is 27.6 Å². The van der Waals surface area contributed by atoms with E-state index in [1.807, 2.05) is 13.0 Å². The number of nitriles is 1. The summed E-state index contributed by atoms with van der Waals surface area (Å²) in [5.74, 6) is -0.323. The maximum atomic E-state index is 13.2. The van der Waals surface area contributed by atoms with E-state index in [1.54, 1.807) is 18.2 Å². The fourth-order valence-electron chi connectivity index (χ4n) is 3.06. The number of alkyl halides is 3. The molecule has 170 valence electrons. The van der Waals surface area contributed by atoms with Crippen LogP contribution in [-0.4, -0.2) is 25.8 Å². The molecule has 0 saturated carbocycles. The zero-order valence-corrected chi connectivity index (χ0v) is 18.0. The topological polar surface area (TPSA) is 95.7 Å². The van der Waals surface area contributed by atoms with Gasteiger partial charge in [-0.15, -0.1) is 0 Å². The van der Waals surface area contributed by atoms with Crippen molar-refractivity contribution in [3.05, 3.63) is 69.8 Å². The molecule has 0 aliphatic heterocycles. The molecule has 1 amide bonds. The first-order valence-electron chi connectivity index (χ1n) is 9.50. The average molecular weight is 448 g/mol. The number of nitrogens with one attached hydrogen (secondary N) is 2. The predicted molar refractivity (Wildman–Crippen MR) is 111 cm³/mol. The van der Waals surface area contributed by atoms with Crippen LogP contribution in [0.25, 0.3) is 0 Å². The monoisotopic (exact) mass is 448 g/mol. The molecule has 32 heavy (non-hydrogen) atoms. The highest BCUT2D eigenvalue weighted by molar-refractivity contribution is 5.98. The molecule has 2 aromatic carbocycles. The van der Waals surface area contributed by atoms with Crippen LogP contribution in [0.2, 0.25) is 0 Å². The summed E-state index contributed by atoms with van der Waals surface area (Å²) < 4.78 is 39.6. The Balaban J connectivity index is 2.30. The SMILES string of the molecule is CNC(=O)C(NOC)c1cccc(C)c1CO/N=C(\C)c1ccc(C#N)c(C(F)(F)F)c1. The Kier molecular flexibility index (Phi) is 8.34. The quantitative estimate of drug-likeness (QED) is 0.474. The molecule has 2 rings (SSSR count). The van der Waals surface area contributed by atoms with E-state index in [2.05, 4.69) is 16.0 Å². The third kappa shape index (κ3) is 5.84. The third-order valence-corrected chi connectivity index (χ3v) is 4.78. The van der Waals surface area contributed by atoms with Crippen LogP contribution in [0.4, 0.5) is 13.2 Å². The Hall–Kier alpha value is -3.42. The van der Waals surface area contributed by atoms with Crippen LogP contribution in [0.15, 0.2) is 41.6 Å². The van der Waals surface area contributed by atoms with Gasteiger partial charge >= 0.3 is 6.18 Å². The van der Waals surface area contributed by atoms with E-state index in [1.165, 1.54) is 27.1 Å². The molecule has 0 aliphatic carbocycles. The van der Waals surface area contributed by atoms with Crippen molar-refractivity contribution in [1.29, 1.82) is 5.26 Å². The summed E-state index contributed by atoms with van der Waals surface area (Å²) in [6.45, 7) is 3.31. The van der Waals surface area contributed by atoms with Crippen LogP contribution in [0, 0.1) is 18.3 Å². The van der Waals surface area contributed by atoms with Crippen molar-refractivity contribution in [2.24, 2.45) is 5.16 Å².